The number of hydrogen-bond donors (Lipinski definition) is 4. The van der Waals surface area contributed by atoms with Crippen molar-refractivity contribution in [3.63, 3.8) is 0 Å². The molecule has 1 aromatic heterocycles. The number of carboxylic acids is 1. The van der Waals surface area contributed by atoms with Crippen LogP contribution in [0.3, 0.4) is 0 Å². The highest BCUT2D eigenvalue weighted by molar-refractivity contribution is 6.47. The third-order valence-corrected chi connectivity index (χ3v) is 3.96. The monoisotopic (exact) mass is 360 g/mol. The second-order valence-corrected chi connectivity index (χ2v) is 5.87. The lowest BCUT2D eigenvalue weighted by molar-refractivity contribution is -0.122. The van der Waals surface area contributed by atoms with Gasteiger partial charge in [0.05, 0.1) is 17.2 Å². The number of nitrogens with zero attached hydrogens (tertiary/aromatic N) is 3. The second kappa shape index (κ2) is 7.54. The van der Waals surface area contributed by atoms with E-state index < -0.39 is 24.9 Å². The number of para-hydroxylation sites is 1. The summed E-state index contributed by atoms with van der Waals surface area (Å²) in [6, 6.07) is 4.66. The fraction of sp³-hybridized carbons (Fsp3) is 0.333. The molecule has 1 aromatic carbocycles. The predicted octanol–water partition coefficient (Wildman–Crippen LogP) is -1.35. The summed E-state index contributed by atoms with van der Waals surface area (Å²) in [5.41, 5.74) is 1.12. The van der Waals surface area contributed by atoms with Crippen LogP contribution in [0.25, 0.3) is 0 Å². The topological polar surface area (TPSA) is 147 Å². The predicted molar refractivity (Wildman–Crippen MR) is 88.4 cm³/mol. The van der Waals surface area contributed by atoms with Gasteiger partial charge < -0.3 is 25.2 Å². The fourth-order valence-electron chi connectivity index (χ4n) is 2.76. The van der Waals surface area contributed by atoms with Crippen molar-refractivity contribution >= 4 is 19.0 Å². The zero-order chi connectivity index (χ0) is 18.7. The van der Waals surface area contributed by atoms with Crippen molar-refractivity contribution in [2.24, 2.45) is 0 Å². The molecular formula is C15H17BN4O6. The number of fused-ring (bicyclic) bond motifs is 1. The Morgan fingerprint density at radius 2 is 2.23 bits per heavy atom. The standard InChI is InChI=1S/C15H17BN4O6/c21-5-4-10-7-20(19-18-10)8-13(22)17-12-6-9-2-1-3-11(15(23)24)14(9)26-16(12)25/h1-3,7,12,21,25H,4-6,8H2,(H,17,22)(H,23,24). The second-order valence-electron chi connectivity index (χ2n) is 5.87. The van der Waals surface area contributed by atoms with Crippen molar-refractivity contribution in [3.05, 3.63) is 41.2 Å². The molecule has 4 N–H and O–H groups in total. The Kier molecular flexibility index (Phi) is 5.19. The van der Waals surface area contributed by atoms with Crippen LogP contribution in [0.2, 0.25) is 0 Å². The number of carbonyl (C=O) groups is 2. The van der Waals surface area contributed by atoms with Gasteiger partial charge in [-0.1, -0.05) is 17.3 Å². The summed E-state index contributed by atoms with van der Waals surface area (Å²) >= 11 is 0. The van der Waals surface area contributed by atoms with Crippen molar-refractivity contribution in [2.75, 3.05) is 6.61 Å². The van der Waals surface area contributed by atoms with E-state index in [-0.39, 0.29) is 30.9 Å². The Balaban J connectivity index is 1.66. The fourth-order valence-corrected chi connectivity index (χ4v) is 2.76. The van der Waals surface area contributed by atoms with Gasteiger partial charge in [0.2, 0.25) is 5.91 Å². The molecule has 1 unspecified atom stereocenters. The first-order valence-electron chi connectivity index (χ1n) is 7.97. The summed E-state index contributed by atoms with van der Waals surface area (Å²) in [5, 5.41) is 38.4. The Bertz CT molecular complexity index is 826. The first-order valence-corrected chi connectivity index (χ1v) is 7.97. The average Bonchev–Trinajstić information content (AvgIpc) is 3.02. The molecule has 1 atom stereocenters. The summed E-state index contributed by atoms with van der Waals surface area (Å²) in [6.45, 7) is -0.169. The van der Waals surface area contributed by atoms with Crippen molar-refractivity contribution in [2.45, 2.75) is 25.3 Å². The number of amides is 1. The van der Waals surface area contributed by atoms with Crippen LogP contribution >= 0.6 is 0 Å². The van der Waals surface area contributed by atoms with E-state index in [0.717, 1.165) is 0 Å². The highest BCUT2D eigenvalue weighted by Crippen LogP contribution is 2.30. The van der Waals surface area contributed by atoms with Gasteiger partial charge in [-0.25, -0.2) is 9.48 Å². The quantitative estimate of drug-likeness (QED) is 0.463. The molecule has 26 heavy (non-hydrogen) atoms. The first-order chi connectivity index (χ1) is 12.5. The number of hydrogen-bond acceptors (Lipinski definition) is 7. The Morgan fingerprint density at radius 1 is 1.42 bits per heavy atom. The van der Waals surface area contributed by atoms with Gasteiger partial charge >= 0.3 is 13.1 Å². The smallest absolute Gasteiger partial charge is 0.534 e. The summed E-state index contributed by atoms with van der Waals surface area (Å²) in [6.07, 6.45) is 2.13. The minimum absolute atomic E-state index is 0.0367. The van der Waals surface area contributed by atoms with Crippen LogP contribution in [-0.2, 0) is 24.2 Å². The first kappa shape index (κ1) is 17.9. The van der Waals surface area contributed by atoms with Gasteiger partial charge in [-0.3, -0.25) is 4.79 Å². The molecule has 3 rings (SSSR count). The molecule has 0 spiro atoms. The molecule has 136 valence electrons. The number of aliphatic hydroxyl groups is 1. The zero-order valence-corrected chi connectivity index (χ0v) is 13.7. The molecule has 0 bridgehead atoms. The van der Waals surface area contributed by atoms with E-state index >= 15 is 0 Å². The zero-order valence-electron chi connectivity index (χ0n) is 13.7. The number of aliphatic hydroxyl groups excluding tert-OH is 1. The van der Waals surface area contributed by atoms with E-state index in [1.807, 2.05) is 0 Å². The van der Waals surface area contributed by atoms with Crippen molar-refractivity contribution in [1.82, 2.24) is 20.3 Å². The maximum Gasteiger partial charge on any atom is 0.547 e. The van der Waals surface area contributed by atoms with E-state index in [9.17, 15) is 19.7 Å². The minimum atomic E-state index is -1.37. The van der Waals surface area contributed by atoms with Crippen LogP contribution in [0, 0.1) is 0 Å². The lowest BCUT2D eigenvalue weighted by atomic mass is 9.72. The molecule has 0 saturated heterocycles. The largest absolute Gasteiger partial charge is 0.547 e. The van der Waals surface area contributed by atoms with Gasteiger partial charge in [-0.05, 0) is 18.1 Å². The molecule has 1 aliphatic rings. The van der Waals surface area contributed by atoms with E-state index in [4.69, 9.17) is 9.76 Å². The maximum atomic E-state index is 12.2. The Morgan fingerprint density at radius 3 is 2.96 bits per heavy atom. The molecule has 0 fully saturated rings. The van der Waals surface area contributed by atoms with Gasteiger partial charge in [0, 0.05) is 19.2 Å². The third-order valence-electron chi connectivity index (χ3n) is 3.96. The van der Waals surface area contributed by atoms with Gasteiger partial charge in [-0.15, -0.1) is 5.10 Å². The number of aromatic carboxylic acids is 1. The van der Waals surface area contributed by atoms with Gasteiger partial charge in [-0.2, -0.15) is 0 Å². The molecule has 0 aliphatic carbocycles. The number of benzene rings is 1. The summed E-state index contributed by atoms with van der Waals surface area (Å²) in [4.78, 5) is 23.4. The highest BCUT2D eigenvalue weighted by atomic mass is 16.5. The van der Waals surface area contributed by atoms with E-state index in [0.29, 0.717) is 17.7 Å². The van der Waals surface area contributed by atoms with Crippen LogP contribution in [0.5, 0.6) is 5.75 Å². The number of nitrogens with one attached hydrogen (secondary N) is 1. The van der Waals surface area contributed by atoms with E-state index in [1.165, 1.54) is 10.7 Å². The highest BCUT2D eigenvalue weighted by Gasteiger charge is 2.37. The molecule has 10 nitrogen and oxygen atoms in total. The third kappa shape index (κ3) is 3.84. The van der Waals surface area contributed by atoms with Gasteiger partial charge in [0.1, 0.15) is 12.3 Å². The molecule has 1 amide bonds. The molecule has 11 heteroatoms. The van der Waals surface area contributed by atoms with Crippen molar-refractivity contribution < 1.29 is 29.5 Å². The lowest BCUT2D eigenvalue weighted by Gasteiger charge is -2.28. The summed E-state index contributed by atoms with van der Waals surface area (Å²) < 4.78 is 6.65. The molecule has 2 heterocycles. The normalized spacial score (nSPS) is 15.9. The minimum Gasteiger partial charge on any atom is -0.534 e. The maximum absolute atomic E-state index is 12.2. The number of aromatic nitrogens is 3. The summed E-state index contributed by atoms with van der Waals surface area (Å²) in [7, 11) is -1.37. The SMILES string of the molecule is O=C(Cn1cc(CCO)nn1)NC1Cc2cccc(C(=O)O)c2OB1O. The Labute approximate surface area is 148 Å². The number of carboxylic acid groups (broad SMARTS) is 1. The van der Waals surface area contributed by atoms with Crippen molar-refractivity contribution in [1.29, 1.82) is 0 Å². The molecule has 0 saturated carbocycles. The molecule has 2 aromatic rings. The number of rotatable bonds is 6. The molecular weight excluding hydrogens is 343 g/mol. The van der Waals surface area contributed by atoms with Gasteiger partial charge in [0.25, 0.3) is 0 Å². The van der Waals surface area contributed by atoms with Crippen molar-refractivity contribution in [3.8, 4) is 5.75 Å². The average molecular weight is 360 g/mol. The van der Waals surface area contributed by atoms with E-state index in [1.54, 1.807) is 18.3 Å². The van der Waals surface area contributed by atoms with Crippen LogP contribution < -0.4 is 9.97 Å². The van der Waals surface area contributed by atoms with Crippen LogP contribution in [0.1, 0.15) is 21.6 Å². The van der Waals surface area contributed by atoms with E-state index in [2.05, 4.69) is 15.6 Å². The Hall–Kier alpha value is -2.92. The van der Waals surface area contributed by atoms with Crippen LogP contribution in [0.4, 0.5) is 0 Å². The van der Waals surface area contributed by atoms with Crippen LogP contribution in [-0.4, -0.2) is 61.8 Å². The number of carbonyl (C=O) groups excluding carboxylic acids is 1. The molecule has 0 radical (unpaired) electrons. The lowest BCUT2D eigenvalue weighted by Crippen LogP contribution is -2.53. The van der Waals surface area contributed by atoms with Crippen LogP contribution in [0.15, 0.2) is 24.4 Å². The van der Waals surface area contributed by atoms with Gasteiger partial charge in [0.15, 0.2) is 0 Å². The molecule has 1 aliphatic heterocycles. The summed E-state index contributed by atoms with van der Waals surface area (Å²) in [5.74, 6) is -2.17.